The van der Waals surface area contributed by atoms with E-state index >= 15 is 0 Å². The molecule has 122 valence electrons. The van der Waals surface area contributed by atoms with Crippen molar-refractivity contribution in [1.29, 1.82) is 0 Å². The first-order chi connectivity index (χ1) is 11.1. The molecule has 1 fully saturated rings. The minimum absolute atomic E-state index is 0.0611. The number of H-pyrrole nitrogens is 1. The number of carbonyl (C=O) groups is 1. The van der Waals surface area contributed by atoms with Crippen LogP contribution in [0.1, 0.15) is 30.9 Å². The number of carbonyl (C=O) groups excluding carboxylic acids is 1. The number of nitrogens with zero attached hydrogens (tertiary/aromatic N) is 1. The number of rotatable bonds is 5. The molecule has 5 heteroatoms. The molecule has 23 heavy (non-hydrogen) atoms. The smallest absolute Gasteiger partial charge is 0.252 e. The van der Waals surface area contributed by atoms with Crippen molar-refractivity contribution >= 4 is 16.8 Å². The molecule has 2 N–H and O–H groups in total. The number of pyridine rings is 1. The lowest BCUT2D eigenvalue weighted by molar-refractivity contribution is -0.127. The number of benzene rings is 1. The Morgan fingerprint density at radius 2 is 2.17 bits per heavy atom. The molecule has 1 unspecified atom stereocenters. The number of para-hydroxylation sites is 1. The van der Waals surface area contributed by atoms with Crippen LogP contribution in [0.4, 0.5) is 0 Å². The van der Waals surface area contributed by atoms with Gasteiger partial charge in [-0.15, -0.1) is 0 Å². The van der Waals surface area contributed by atoms with Crippen LogP contribution in [0.15, 0.2) is 29.1 Å². The number of aromatic nitrogens is 1. The molecule has 0 aliphatic carbocycles. The number of hydrogen-bond donors (Lipinski definition) is 2. The number of hydrogen-bond acceptors (Lipinski definition) is 3. The molecule has 0 saturated carbocycles. The van der Waals surface area contributed by atoms with Gasteiger partial charge in [-0.25, -0.2) is 0 Å². The fraction of sp³-hybridized carbons (Fsp3) is 0.444. The number of nitrogens with one attached hydrogen (secondary N) is 2. The van der Waals surface area contributed by atoms with E-state index in [0.717, 1.165) is 36.0 Å². The van der Waals surface area contributed by atoms with Crippen LogP contribution in [-0.2, 0) is 11.3 Å². The van der Waals surface area contributed by atoms with Gasteiger partial charge in [0.25, 0.3) is 5.56 Å². The van der Waals surface area contributed by atoms with Gasteiger partial charge in [-0.05, 0) is 30.4 Å². The zero-order valence-corrected chi connectivity index (χ0v) is 13.7. The number of amides is 1. The Morgan fingerprint density at radius 3 is 2.96 bits per heavy atom. The highest BCUT2D eigenvalue weighted by Crippen LogP contribution is 2.16. The lowest BCUT2D eigenvalue weighted by atomic mass is 10.1. The van der Waals surface area contributed by atoms with Crippen molar-refractivity contribution in [3.63, 3.8) is 0 Å². The zero-order chi connectivity index (χ0) is 16.4. The van der Waals surface area contributed by atoms with Crippen LogP contribution in [0, 0.1) is 6.92 Å². The summed E-state index contributed by atoms with van der Waals surface area (Å²) in [4.78, 5) is 29.0. The van der Waals surface area contributed by atoms with Gasteiger partial charge in [0.2, 0.25) is 5.91 Å². The fourth-order valence-electron chi connectivity index (χ4n) is 3.21. The molecule has 0 spiro atoms. The predicted octanol–water partition coefficient (Wildman–Crippen LogP) is 1.94. The van der Waals surface area contributed by atoms with Gasteiger partial charge in [-0.2, -0.15) is 0 Å². The summed E-state index contributed by atoms with van der Waals surface area (Å²) in [5.41, 5.74) is 2.61. The van der Waals surface area contributed by atoms with Gasteiger partial charge in [0, 0.05) is 37.7 Å². The van der Waals surface area contributed by atoms with Gasteiger partial charge in [0.1, 0.15) is 0 Å². The van der Waals surface area contributed by atoms with Crippen LogP contribution < -0.4 is 10.9 Å². The average molecular weight is 313 g/mol. The van der Waals surface area contributed by atoms with Crippen LogP contribution >= 0.6 is 0 Å². The standard InChI is InChI=1S/C18H23N3O2/c1-3-7-21-11-15(9-16(21)22)19-10-14-8-13-6-4-5-12(2)17(13)20-18(14)23/h4-6,8,15,19H,3,7,9-11H2,1-2H3,(H,20,23). The van der Waals surface area contributed by atoms with E-state index in [1.165, 1.54) is 0 Å². The quantitative estimate of drug-likeness (QED) is 0.886. The third-order valence-corrected chi connectivity index (χ3v) is 4.45. The normalized spacial score (nSPS) is 18.1. The second-order valence-corrected chi connectivity index (χ2v) is 6.28. The van der Waals surface area contributed by atoms with Crippen molar-refractivity contribution in [3.8, 4) is 0 Å². The summed E-state index contributed by atoms with van der Waals surface area (Å²) in [6.45, 7) is 6.09. The summed E-state index contributed by atoms with van der Waals surface area (Å²) in [6, 6.07) is 8.05. The summed E-state index contributed by atoms with van der Waals surface area (Å²) in [6.07, 6.45) is 1.49. The van der Waals surface area contributed by atoms with E-state index in [0.29, 0.717) is 18.5 Å². The number of aryl methyl sites for hydroxylation is 1. The van der Waals surface area contributed by atoms with E-state index in [1.807, 2.05) is 36.1 Å². The highest BCUT2D eigenvalue weighted by atomic mass is 16.2. The molecule has 1 aromatic carbocycles. The predicted molar refractivity (Wildman–Crippen MR) is 91.4 cm³/mol. The van der Waals surface area contributed by atoms with Gasteiger partial charge in [0.05, 0.1) is 5.52 Å². The van der Waals surface area contributed by atoms with Crippen molar-refractivity contribution in [1.82, 2.24) is 15.2 Å². The molecular weight excluding hydrogens is 290 g/mol. The van der Waals surface area contributed by atoms with Crippen molar-refractivity contribution in [2.45, 2.75) is 39.3 Å². The first kappa shape index (κ1) is 15.7. The fourth-order valence-corrected chi connectivity index (χ4v) is 3.21. The monoisotopic (exact) mass is 313 g/mol. The molecule has 1 aliphatic rings. The highest BCUT2D eigenvalue weighted by molar-refractivity contribution is 5.82. The largest absolute Gasteiger partial charge is 0.341 e. The molecule has 2 aromatic rings. The Balaban J connectivity index is 1.72. The molecule has 1 amide bonds. The molecule has 0 radical (unpaired) electrons. The number of aromatic amines is 1. The van der Waals surface area contributed by atoms with E-state index in [1.54, 1.807) is 0 Å². The minimum atomic E-state index is -0.0611. The van der Waals surface area contributed by atoms with Crippen LogP contribution in [0.5, 0.6) is 0 Å². The van der Waals surface area contributed by atoms with E-state index in [2.05, 4.69) is 17.2 Å². The number of likely N-dealkylation sites (tertiary alicyclic amines) is 1. The molecule has 1 aliphatic heterocycles. The first-order valence-corrected chi connectivity index (χ1v) is 8.21. The third-order valence-electron chi connectivity index (χ3n) is 4.45. The van der Waals surface area contributed by atoms with Gasteiger partial charge < -0.3 is 15.2 Å². The molecule has 1 aromatic heterocycles. The Bertz CT molecular complexity index is 781. The molecule has 5 nitrogen and oxygen atoms in total. The van der Waals surface area contributed by atoms with Gasteiger partial charge >= 0.3 is 0 Å². The zero-order valence-electron chi connectivity index (χ0n) is 13.7. The Labute approximate surface area is 135 Å². The lowest BCUT2D eigenvalue weighted by Gasteiger charge is -2.16. The van der Waals surface area contributed by atoms with Crippen LogP contribution in [0.25, 0.3) is 10.9 Å². The molecule has 3 rings (SSSR count). The first-order valence-electron chi connectivity index (χ1n) is 8.21. The van der Waals surface area contributed by atoms with E-state index in [9.17, 15) is 9.59 Å². The van der Waals surface area contributed by atoms with E-state index in [4.69, 9.17) is 0 Å². The highest BCUT2D eigenvalue weighted by Gasteiger charge is 2.28. The maximum absolute atomic E-state index is 12.2. The summed E-state index contributed by atoms with van der Waals surface area (Å²) >= 11 is 0. The van der Waals surface area contributed by atoms with Crippen molar-refractivity contribution in [2.75, 3.05) is 13.1 Å². The molecule has 2 heterocycles. The van der Waals surface area contributed by atoms with E-state index < -0.39 is 0 Å². The maximum atomic E-state index is 12.2. The van der Waals surface area contributed by atoms with Crippen LogP contribution in [-0.4, -0.2) is 34.9 Å². The van der Waals surface area contributed by atoms with Gasteiger partial charge in [-0.1, -0.05) is 25.1 Å². The third kappa shape index (κ3) is 3.29. The molecular formula is C18H23N3O2. The van der Waals surface area contributed by atoms with E-state index in [-0.39, 0.29) is 17.5 Å². The van der Waals surface area contributed by atoms with Crippen LogP contribution in [0.3, 0.4) is 0 Å². The topological polar surface area (TPSA) is 65.2 Å². The van der Waals surface area contributed by atoms with Crippen molar-refractivity contribution in [2.24, 2.45) is 0 Å². The summed E-state index contributed by atoms with van der Waals surface area (Å²) < 4.78 is 0. The Morgan fingerprint density at radius 1 is 1.35 bits per heavy atom. The Hall–Kier alpha value is -2.14. The summed E-state index contributed by atoms with van der Waals surface area (Å²) in [7, 11) is 0. The molecule has 1 saturated heterocycles. The second kappa shape index (κ2) is 6.54. The average Bonchev–Trinajstić information content (AvgIpc) is 2.87. The lowest BCUT2D eigenvalue weighted by Crippen LogP contribution is -2.34. The maximum Gasteiger partial charge on any atom is 0.252 e. The molecule has 0 bridgehead atoms. The van der Waals surface area contributed by atoms with Crippen molar-refractivity contribution < 1.29 is 4.79 Å². The van der Waals surface area contributed by atoms with Gasteiger partial charge in [0.15, 0.2) is 0 Å². The van der Waals surface area contributed by atoms with Crippen molar-refractivity contribution in [3.05, 3.63) is 45.7 Å². The Kier molecular flexibility index (Phi) is 4.48. The number of fused-ring (bicyclic) bond motifs is 1. The molecule has 1 atom stereocenters. The summed E-state index contributed by atoms with van der Waals surface area (Å²) in [5, 5.41) is 4.39. The van der Waals surface area contributed by atoms with Crippen LogP contribution in [0.2, 0.25) is 0 Å². The summed E-state index contributed by atoms with van der Waals surface area (Å²) in [5.74, 6) is 0.201. The minimum Gasteiger partial charge on any atom is -0.341 e. The van der Waals surface area contributed by atoms with Gasteiger partial charge in [-0.3, -0.25) is 9.59 Å². The second-order valence-electron chi connectivity index (χ2n) is 6.28. The SMILES string of the molecule is CCCN1CC(NCc2cc3cccc(C)c3[nH]c2=O)CC1=O.